The Bertz CT molecular complexity index is 956. The normalized spacial score (nSPS) is 37.0. The molecular formula is C26H36N4O3. The maximum absolute atomic E-state index is 12.9. The number of hydrogen-bond donors (Lipinski definition) is 3. The van der Waals surface area contributed by atoms with Crippen LogP contribution < -0.4 is 16.4 Å². The van der Waals surface area contributed by atoms with Crippen LogP contribution >= 0.6 is 0 Å². The number of rotatable bonds is 4. The molecule has 0 spiro atoms. The molecule has 5 aliphatic rings. The van der Waals surface area contributed by atoms with Crippen LogP contribution in [0.15, 0.2) is 24.3 Å². The van der Waals surface area contributed by atoms with Crippen LogP contribution in [0.25, 0.3) is 0 Å². The molecule has 6 rings (SSSR count). The fraction of sp³-hybridized carbons (Fsp3) is 0.654. The minimum absolute atomic E-state index is 0.103. The number of likely N-dealkylation sites (tertiary alicyclic amines) is 1. The van der Waals surface area contributed by atoms with Gasteiger partial charge in [0.05, 0.1) is 5.92 Å². The molecule has 7 nitrogen and oxygen atoms in total. The highest BCUT2D eigenvalue weighted by Gasteiger charge is 2.60. The van der Waals surface area contributed by atoms with Gasteiger partial charge in [-0.3, -0.25) is 9.59 Å². The third kappa shape index (κ3) is 4.34. The van der Waals surface area contributed by atoms with E-state index in [9.17, 15) is 14.4 Å². The monoisotopic (exact) mass is 452 g/mol. The van der Waals surface area contributed by atoms with Gasteiger partial charge in [0.2, 0.25) is 5.91 Å². The zero-order valence-corrected chi connectivity index (χ0v) is 19.8. The second-order valence-electron chi connectivity index (χ2n) is 12.1. The van der Waals surface area contributed by atoms with Crippen molar-refractivity contribution >= 4 is 23.5 Å². The Labute approximate surface area is 195 Å². The Morgan fingerprint density at radius 1 is 1.00 bits per heavy atom. The number of urea groups is 1. The largest absolute Gasteiger partial charge is 0.369 e. The minimum Gasteiger partial charge on any atom is -0.369 e. The lowest BCUT2D eigenvalue weighted by Crippen LogP contribution is -2.65. The van der Waals surface area contributed by atoms with Crippen molar-refractivity contribution in [2.45, 2.75) is 70.8 Å². The summed E-state index contributed by atoms with van der Waals surface area (Å²) in [5.41, 5.74) is 7.22. The van der Waals surface area contributed by atoms with E-state index < -0.39 is 0 Å². The highest BCUT2D eigenvalue weighted by molar-refractivity contribution is 5.96. The lowest BCUT2D eigenvalue weighted by atomic mass is 9.43. The predicted octanol–water partition coefficient (Wildman–Crippen LogP) is 3.89. The first-order chi connectivity index (χ1) is 15.6. The number of benzene rings is 1. The van der Waals surface area contributed by atoms with Gasteiger partial charge in [-0.05, 0) is 92.4 Å². The number of carbonyl (C=O) groups is 3. The molecule has 33 heavy (non-hydrogen) atoms. The molecule has 1 saturated heterocycles. The predicted molar refractivity (Wildman–Crippen MR) is 127 cm³/mol. The maximum atomic E-state index is 12.9. The van der Waals surface area contributed by atoms with Crippen LogP contribution in [0, 0.1) is 22.7 Å². The molecule has 7 heteroatoms. The molecule has 0 radical (unpaired) electrons. The first-order valence-corrected chi connectivity index (χ1v) is 12.3. The molecule has 4 aliphatic carbocycles. The van der Waals surface area contributed by atoms with E-state index in [1.807, 2.05) is 0 Å². The lowest BCUT2D eigenvalue weighted by molar-refractivity contribution is -0.123. The molecule has 4 saturated carbocycles. The summed E-state index contributed by atoms with van der Waals surface area (Å²) in [6.07, 6.45) is 8.58. The Morgan fingerprint density at radius 3 is 2.27 bits per heavy atom. The number of amides is 4. The quantitative estimate of drug-likeness (QED) is 0.645. The third-order valence-corrected chi connectivity index (χ3v) is 8.51. The van der Waals surface area contributed by atoms with E-state index in [4.69, 9.17) is 5.73 Å². The topological polar surface area (TPSA) is 105 Å². The molecule has 4 amide bonds. The van der Waals surface area contributed by atoms with Crippen LogP contribution in [0.3, 0.4) is 0 Å². The lowest BCUT2D eigenvalue weighted by Gasteiger charge is -2.65. The van der Waals surface area contributed by atoms with Gasteiger partial charge in [-0.1, -0.05) is 13.8 Å². The number of primary amides is 1. The zero-order chi connectivity index (χ0) is 23.4. The highest BCUT2D eigenvalue weighted by Crippen LogP contribution is 2.66. The molecule has 1 aromatic carbocycles. The van der Waals surface area contributed by atoms with Crippen molar-refractivity contribution in [3.05, 3.63) is 29.8 Å². The van der Waals surface area contributed by atoms with E-state index in [0.717, 1.165) is 32.1 Å². The van der Waals surface area contributed by atoms with Crippen molar-refractivity contribution in [3.63, 3.8) is 0 Å². The molecule has 5 fully saturated rings. The second-order valence-corrected chi connectivity index (χ2v) is 12.1. The number of nitrogens with one attached hydrogen (secondary N) is 2. The van der Waals surface area contributed by atoms with Crippen LogP contribution in [-0.2, 0) is 4.79 Å². The molecule has 1 aromatic rings. The Hall–Kier alpha value is -2.57. The van der Waals surface area contributed by atoms with Gasteiger partial charge in [0.15, 0.2) is 0 Å². The molecule has 4 bridgehead atoms. The molecule has 1 aliphatic heterocycles. The molecular weight excluding hydrogens is 416 g/mol. The van der Waals surface area contributed by atoms with Crippen molar-refractivity contribution in [3.8, 4) is 0 Å². The summed E-state index contributed by atoms with van der Waals surface area (Å²) in [6.45, 7) is 5.80. The van der Waals surface area contributed by atoms with Gasteiger partial charge in [-0.2, -0.15) is 0 Å². The number of piperidine rings is 1. The van der Waals surface area contributed by atoms with Gasteiger partial charge < -0.3 is 21.3 Å². The number of carbonyl (C=O) groups excluding carboxylic acids is 3. The standard InChI is InChI=1S/C26H36N4O3/c1-24-10-17-11-25(2,14-24)16-26(12-17,15-24)29-23(33)28-20-7-5-18(6-8-20)22(32)30-9-3-4-19(13-30)21(27)31/h5-8,17,19H,3-4,9-16H2,1-2H3,(H2,27,31)(H2,28,29,33)/t17?,19?,24-,25+,26?. The summed E-state index contributed by atoms with van der Waals surface area (Å²) in [5, 5.41) is 6.33. The zero-order valence-electron chi connectivity index (χ0n) is 19.8. The SMILES string of the molecule is C[C@]12CC3CC(NC(=O)Nc4ccc(C(=O)N5CCCC(C(N)=O)C5)cc4)(C1)C[C@@](C)(C3)C2. The van der Waals surface area contributed by atoms with E-state index >= 15 is 0 Å². The van der Waals surface area contributed by atoms with E-state index in [1.165, 1.54) is 19.3 Å². The summed E-state index contributed by atoms with van der Waals surface area (Å²) < 4.78 is 0. The van der Waals surface area contributed by atoms with Gasteiger partial charge >= 0.3 is 6.03 Å². The first kappa shape index (κ1) is 22.2. The van der Waals surface area contributed by atoms with Gasteiger partial charge in [0.1, 0.15) is 0 Å². The second kappa shape index (κ2) is 7.74. The van der Waals surface area contributed by atoms with Crippen molar-refractivity contribution < 1.29 is 14.4 Å². The highest BCUT2D eigenvalue weighted by atomic mass is 16.2. The van der Waals surface area contributed by atoms with Crippen LogP contribution in [0.1, 0.15) is 75.6 Å². The molecule has 3 unspecified atom stereocenters. The summed E-state index contributed by atoms with van der Waals surface area (Å²) in [5.74, 6) is -0.0145. The van der Waals surface area contributed by atoms with E-state index in [1.54, 1.807) is 29.2 Å². The van der Waals surface area contributed by atoms with E-state index in [2.05, 4.69) is 24.5 Å². The van der Waals surface area contributed by atoms with Gasteiger partial charge in [0, 0.05) is 29.9 Å². The average Bonchev–Trinajstić information content (AvgIpc) is 2.70. The van der Waals surface area contributed by atoms with Crippen molar-refractivity contribution in [1.82, 2.24) is 10.2 Å². The van der Waals surface area contributed by atoms with Gasteiger partial charge in [0.25, 0.3) is 5.91 Å². The number of anilines is 1. The van der Waals surface area contributed by atoms with Crippen LogP contribution in [0.4, 0.5) is 10.5 Å². The number of nitrogens with zero attached hydrogens (tertiary/aromatic N) is 1. The summed E-state index contributed by atoms with van der Waals surface area (Å²) in [7, 11) is 0. The molecule has 5 atom stereocenters. The fourth-order valence-corrected chi connectivity index (χ4v) is 8.26. The maximum Gasteiger partial charge on any atom is 0.319 e. The Morgan fingerprint density at radius 2 is 1.67 bits per heavy atom. The Kier molecular flexibility index (Phi) is 5.22. The number of hydrogen-bond acceptors (Lipinski definition) is 3. The summed E-state index contributed by atoms with van der Waals surface area (Å²) in [4.78, 5) is 39.0. The summed E-state index contributed by atoms with van der Waals surface area (Å²) >= 11 is 0. The first-order valence-electron chi connectivity index (χ1n) is 12.3. The van der Waals surface area contributed by atoms with Crippen LogP contribution in [-0.4, -0.2) is 41.4 Å². The van der Waals surface area contributed by atoms with Crippen molar-refractivity contribution in [1.29, 1.82) is 0 Å². The van der Waals surface area contributed by atoms with E-state index in [-0.39, 0.29) is 29.3 Å². The fourth-order valence-electron chi connectivity index (χ4n) is 8.26. The van der Waals surface area contributed by atoms with Crippen molar-refractivity contribution in [2.24, 2.45) is 28.4 Å². The average molecular weight is 453 g/mol. The smallest absolute Gasteiger partial charge is 0.319 e. The number of nitrogens with two attached hydrogens (primary N) is 1. The minimum atomic E-state index is -0.347. The van der Waals surface area contributed by atoms with E-state index in [0.29, 0.717) is 41.1 Å². The molecule has 4 N–H and O–H groups in total. The van der Waals surface area contributed by atoms with Crippen LogP contribution in [0.5, 0.6) is 0 Å². The molecule has 1 heterocycles. The van der Waals surface area contributed by atoms with Gasteiger partial charge in [-0.15, -0.1) is 0 Å². The molecule has 178 valence electrons. The van der Waals surface area contributed by atoms with Crippen molar-refractivity contribution in [2.75, 3.05) is 18.4 Å². The van der Waals surface area contributed by atoms with Crippen LogP contribution in [0.2, 0.25) is 0 Å². The molecule has 0 aromatic heterocycles. The summed E-state index contributed by atoms with van der Waals surface area (Å²) in [6, 6.07) is 6.84. The van der Waals surface area contributed by atoms with Gasteiger partial charge in [-0.25, -0.2) is 4.79 Å². The third-order valence-electron chi connectivity index (χ3n) is 8.51. The Balaban J connectivity index is 1.21.